The maximum Gasteiger partial charge on any atom is 0.341 e. The van der Waals surface area contributed by atoms with Gasteiger partial charge >= 0.3 is 5.97 Å². The Kier molecular flexibility index (Phi) is 4.16. The van der Waals surface area contributed by atoms with Crippen molar-refractivity contribution in [1.82, 2.24) is 9.47 Å². The minimum atomic E-state index is -1.30. The van der Waals surface area contributed by atoms with E-state index in [1.165, 1.54) is 12.3 Å². The number of hydrogen-bond acceptors (Lipinski definition) is 4. The standard InChI is InChI=1S/C16H17FN2O3S/c1-3-19-8-11(16(21)22)14(20)10-6-12(17)9(7-13(10)19)15-18(2)4-5-23-15/h6-8,15H,3-5H2,1-2H3,(H,21,22). The molecule has 0 aliphatic carbocycles. The number of carboxylic acids is 1. The van der Waals surface area contributed by atoms with Crippen molar-refractivity contribution in [2.45, 2.75) is 18.8 Å². The topological polar surface area (TPSA) is 62.5 Å². The van der Waals surface area contributed by atoms with Crippen LogP contribution in [0.1, 0.15) is 28.2 Å². The van der Waals surface area contributed by atoms with Crippen molar-refractivity contribution in [3.8, 4) is 0 Å². The highest BCUT2D eigenvalue weighted by Crippen LogP contribution is 2.38. The number of hydrogen-bond donors (Lipinski definition) is 1. The van der Waals surface area contributed by atoms with Crippen molar-refractivity contribution in [1.29, 1.82) is 0 Å². The van der Waals surface area contributed by atoms with E-state index in [9.17, 15) is 14.0 Å². The summed E-state index contributed by atoms with van der Waals surface area (Å²) in [5.74, 6) is -0.835. The second-order valence-electron chi connectivity index (χ2n) is 5.56. The van der Waals surface area contributed by atoms with Crippen LogP contribution in [-0.4, -0.2) is 39.9 Å². The summed E-state index contributed by atoms with van der Waals surface area (Å²) in [7, 11) is 1.94. The Morgan fingerprint density at radius 1 is 1.48 bits per heavy atom. The zero-order chi connectivity index (χ0) is 16.7. The fourth-order valence-corrected chi connectivity index (χ4v) is 4.25. The molecule has 0 spiro atoms. The van der Waals surface area contributed by atoms with Crippen LogP contribution in [0.3, 0.4) is 0 Å². The van der Waals surface area contributed by atoms with E-state index in [4.69, 9.17) is 5.11 Å². The Hall–Kier alpha value is -1.86. The number of benzene rings is 1. The highest BCUT2D eigenvalue weighted by molar-refractivity contribution is 7.99. The molecule has 0 saturated carbocycles. The lowest BCUT2D eigenvalue weighted by molar-refractivity contribution is 0.0695. The summed E-state index contributed by atoms with van der Waals surface area (Å²) < 4.78 is 16.2. The highest BCUT2D eigenvalue weighted by atomic mass is 32.2. The monoisotopic (exact) mass is 336 g/mol. The zero-order valence-electron chi connectivity index (χ0n) is 12.9. The van der Waals surface area contributed by atoms with Crippen LogP contribution in [0.15, 0.2) is 23.1 Å². The molecule has 23 heavy (non-hydrogen) atoms. The van der Waals surface area contributed by atoms with Gasteiger partial charge in [0.15, 0.2) is 0 Å². The molecule has 0 amide bonds. The summed E-state index contributed by atoms with van der Waals surface area (Å²) >= 11 is 1.66. The van der Waals surface area contributed by atoms with Gasteiger partial charge in [-0.2, -0.15) is 0 Å². The molecule has 3 rings (SSSR count). The molecule has 1 unspecified atom stereocenters. The molecule has 1 aliphatic heterocycles. The minimum absolute atomic E-state index is 0.0843. The van der Waals surface area contributed by atoms with Gasteiger partial charge in [-0.3, -0.25) is 9.69 Å². The summed E-state index contributed by atoms with van der Waals surface area (Å²) in [6, 6.07) is 2.86. The van der Waals surface area contributed by atoms with Gasteiger partial charge in [0, 0.05) is 36.0 Å². The average molecular weight is 336 g/mol. The normalized spacial score (nSPS) is 18.7. The maximum absolute atomic E-state index is 14.6. The zero-order valence-corrected chi connectivity index (χ0v) is 13.7. The Morgan fingerprint density at radius 3 is 2.78 bits per heavy atom. The number of pyridine rings is 1. The smallest absolute Gasteiger partial charge is 0.341 e. The Balaban J connectivity index is 2.29. The molecule has 0 radical (unpaired) electrons. The Morgan fingerprint density at radius 2 is 2.22 bits per heavy atom. The molecule has 122 valence electrons. The van der Waals surface area contributed by atoms with E-state index in [-0.39, 0.29) is 16.3 Å². The van der Waals surface area contributed by atoms with E-state index in [1.807, 2.05) is 14.0 Å². The van der Waals surface area contributed by atoms with Gasteiger partial charge in [-0.1, -0.05) is 0 Å². The van der Waals surface area contributed by atoms with Crippen molar-refractivity contribution in [2.75, 3.05) is 19.3 Å². The number of nitrogens with zero attached hydrogens (tertiary/aromatic N) is 2. The number of rotatable bonds is 3. The van der Waals surface area contributed by atoms with Gasteiger partial charge in [0.2, 0.25) is 5.43 Å². The Bertz CT molecular complexity index is 849. The van der Waals surface area contributed by atoms with Gasteiger partial charge in [0.1, 0.15) is 11.4 Å². The van der Waals surface area contributed by atoms with E-state index >= 15 is 0 Å². The van der Waals surface area contributed by atoms with E-state index in [1.54, 1.807) is 22.4 Å². The molecule has 2 heterocycles. The molecular weight excluding hydrogens is 319 g/mol. The van der Waals surface area contributed by atoms with Crippen LogP contribution in [0.2, 0.25) is 0 Å². The minimum Gasteiger partial charge on any atom is -0.477 e. The fourth-order valence-electron chi connectivity index (χ4n) is 2.91. The molecule has 1 fully saturated rings. The maximum atomic E-state index is 14.6. The molecule has 0 bridgehead atoms. The van der Waals surface area contributed by atoms with Crippen molar-refractivity contribution < 1.29 is 14.3 Å². The van der Waals surface area contributed by atoms with Crippen LogP contribution < -0.4 is 5.43 Å². The first-order chi connectivity index (χ1) is 10.9. The van der Waals surface area contributed by atoms with Gasteiger partial charge in [0.25, 0.3) is 0 Å². The SMILES string of the molecule is CCn1cc(C(=O)O)c(=O)c2cc(F)c(C3SCCN3C)cc21. The second kappa shape index (κ2) is 5.98. The van der Waals surface area contributed by atoms with Crippen LogP contribution in [0.5, 0.6) is 0 Å². The summed E-state index contributed by atoms with van der Waals surface area (Å²) in [5.41, 5.74) is 0.126. The lowest BCUT2D eigenvalue weighted by Gasteiger charge is -2.20. The van der Waals surface area contributed by atoms with Crippen LogP contribution in [0.4, 0.5) is 4.39 Å². The van der Waals surface area contributed by atoms with Crippen LogP contribution >= 0.6 is 11.8 Å². The molecule has 1 aliphatic rings. The number of aromatic nitrogens is 1. The Labute approximate surface area is 136 Å². The number of aromatic carboxylic acids is 1. The van der Waals surface area contributed by atoms with Crippen LogP contribution in [-0.2, 0) is 6.54 Å². The first-order valence-corrected chi connectivity index (χ1v) is 8.40. The van der Waals surface area contributed by atoms with Crippen molar-refractivity contribution in [3.63, 3.8) is 0 Å². The van der Waals surface area contributed by atoms with Crippen LogP contribution in [0.25, 0.3) is 10.9 Å². The number of carboxylic acid groups (broad SMARTS) is 1. The van der Waals surface area contributed by atoms with Crippen molar-refractivity contribution in [2.24, 2.45) is 0 Å². The first kappa shape index (κ1) is 16.0. The lowest BCUT2D eigenvalue weighted by Crippen LogP contribution is -2.21. The second-order valence-corrected chi connectivity index (χ2v) is 6.75. The van der Waals surface area contributed by atoms with Gasteiger partial charge in [-0.15, -0.1) is 11.8 Å². The van der Waals surface area contributed by atoms with Crippen LogP contribution in [0, 0.1) is 5.82 Å². The van der Waals surface area contributed by atoms with Gasteiger partial charge < -0.3 is 9.67 Å². The molecule has 1 N–H and O–H groups in total. The number of halogens is 1. The summed E-state index contributed by atoms with van der Waals surface area (Å²) in [6.07, 6.45) is 1.33. The number of carbonyl (C=O) groups is 1. The van der Waals surface area contributed by atoms with Crippen molar-refractivity contribution >= 4 is 28.6 Å². The molecule has 1 aromatic carbocycles. The van der Waals surface area contributed by atoms with E-state index in [2.05, 4.69) is 4.90 Å². The predicted molar refractivity (Wildman–Crippen MR) is 88.6 cm³/mol. The summed E-state index contributed by atoms with van der Waals surface area (Å²) in [6.45, 7) is 3.23. The quantitative estimate of drug-likeness (QED) is 0.933. The molecule has 1 saturated heterocycles. The molecule has 2 aromatic rings. The van der Waals surface area contributed by atoms with E-state index in [0.29, 0.717) is 17.6 Å². The number of fused-ring (bicyclic) bond motifs is 1. The van der Waals surface area contributed by atoms with E-state index in [0.717, 1.165) is 12.3 Å². The highest BCUT2D eigenvalue weighted by Gasteiger charge is 2.27. The third kappa shape index (κ3) is 2.64. The predicted octanol–water partition coefficient (Wildman–Crippen LogP) is 2.54. The van der Waals surface area contributed by atoms with Gasteiger partial charge in [-0.05, 0) is 26.1 Å². The molecule has 7 heteroatoms. The van der Waals surface area contributed by atoms with Gasteiger partial charge in [0.05, 0.1) is 10.9 Å². The fraction of sp³-hybridized carbons (Fsp3) is 0.375. The molecule has 1 aromatic heterocycles. The van der Waals surface area contributed by atoms with Crippen molar-refractivity contribution in [3.05, 3.63) is 45.5 Å². The summed E-state index contributed by atoms with van der Waals surface area (Å²) in [4.78, 5) is 25.6. The summed E-state index contributed by atoms with van der Waals surface area (Å²) in [5, 5.41) is 9.18. The number of thioether (sulfide) groups is 1. The first-order valence-electron chi connectivity index (χ1n) is 7.35. The lowest BCUT2D eigenvalue weighted by atomic mass is 10.1. The third-order valence-electron chi connectivity index (χ3n) is 4.16. The third-order valence-corrected chi connectivity index (χ3v) is 5.50. The number of aryl methyl sites for hydroxylation is 1. The molecule has 5 nitrogen and oxygen atoms in total. The molecule has 1 atom stereocenters. The van der Waals surface area contributed by atoms with Gasteiger partial charge in [-0.25, -0.2) is 9.18 Å². The van der Waals surface area contributed by atoms with E-state index < -0.39 is 17.2 Å². The average Bonchev–Trinajstić information content (AvgIpc) is 2.93. The molecular formula is C16H17FN2O3S. The largest absolute Gasteiger partial charge is 0.477 e.